The van der Waals surface area contributed by atoms with Crippen LogP contribution in [-0.4, -0.2) is 70.3 Å². The number of nitrogens with zero attached hydrogens (tertiary/aromatic N) is 2. The zero-order valence-corrected chi connectivity index (χ0v) is 24.3. The molecule has 1 fully saturated rings. The first kappa shape index (κ1) is 32.0. The van der Waals surface area contributed by atoms with E-state index in [9.17, 15) is 33.1 Å². The van der Waals surface area contributed by atoms with Crippen LogP contribution in [-0.2, 0) is 27.4 Å². The number of fused-ring (bicyclic) bond motifs is 2. The van der Waals surface area contributed by atoms with Gasteiger partial charge in [-0.1, -0.05) is 6.07 Å². The lowest BCUT2D eigenvalue weighted by Gasteiger charge is -2.41. The lowest BCUT2D eigenvalue weighted by molar-refractivity contribution is -0.181. The highest BCUT2D eigenvalue weighted by Gasteiger charge is 2.38. The number of esters is 1. The van der Waals surface area contributed by atoms with Gasteiger partial charge < -0.3 is 34.1 Å². The van der Waals surface area contributed by atoms with E-state index in [2.05, 4.69) is 10.6 Å². The number of rotatable bonds is 11. The Morgan fingerprint density at radius 2 is 1.95 bits per heavy atom. The maximum Gasteiger partial charge on any atom is 0.309 e. The third-order valence-electron chi connectivity index (χ3n) is 6.97. The van der Waals surface area contributed by atoms with Crippen LogP contribution in [0.1, 0.15) is 72.9 Å². The summed E-state index contributed by atoms with van der Waals surface area (Å²) in [5, 5.41) is 14.9. The molecule has 0 aliphatic carbocycles. The van der Waals surface area contributed by atoms with Crippen LogP contribution in [0.5, 0.6) is 5.75 Å². The minimum atomic E-state index is -1.30. The van der Waals surface area contributed by atoms with E-state index < -0.39 is 59.4 Å². The van der Waals surface area contributed by atoms with E-state index in [1.807, 2.05) is 0 Å². The molecule has 0 bridgehead atoms. The van der Waals surface area contributed by atoms with Crippen molar-refractivity contribution in [3.63, 3.8) is 0 Å². The summed E-state index contributed by atoms with van der Waals surface area (Å²) in [5.41, 5.74) is -1.93. The van der Waals surface area contributed by atoms with Gasteiger partial charge in [-0.05, 0) is 46.1 Å². The fourth-order valence-electron chi connectivity index (χ4n) is 4.96. The Hall–Kier alpha value is -3.88. The first-order valence-electron chi connectivity index (χ1n) is 14.0. The van der Waals surface area contributed by atoms with Crippen molar-refractivity contribution in [1.29, 1.82) is 0 Å². The van der Waals surface area contributed by atoms with E-state index in [0.717, 1.165) is 25.3 Å². The fourth-order valence-corrected chi connectivity index (χ4v) is 4.96. The zero-order valence-electron chi connectivity index (χ0n) is 24.3. The van der Waals surface area contributed by atoms with Gasteiger partial charge in [0.05, 0.1) is 12.0 Å². The SMILES string of the molecule is CC(C)(C)OC(O)NCCC(=O)OCOc1c2n(cc(C(=O)NCc3ccc(F)cc3F)c1=O)CC1CCCCN1C2=O. The predicted octanol–water partition coefficient (Wildman–Crippen LogP) is 2.01. The topological polar surface area (TPSA) is 148 Å². The minimum Gasteiger partial charge on any atom is -0.451 e. The molecule has 0 spiro atoms. The average molecular weight is 607 g/mol. The first-order valence-corrected chi connectivity index (χ1v) is 14.0. The summed E-state index contributed by atoms with van der Waals surface area (Å²) >= 11 is 0. The number of benzene rings is 1. The summed E-state index contributed by atoms with van der Waals surface area (Å²) < 4.78 is 44.7. The number of piperidine rings is 1. The highest BCUT2D eigenvalue weighted by atomic mass is 19.1. The van der Waals surface area contributed by atoms with Crippen LogP contribution in [0.4, 0.5) is 8.78 Å². The van der Waals surface area contributed by atoms with Gasteiger partial charge in [-0.2, -0.15) is 0 Å². The molecule has 14 heteroatoms. The van der Waals surface area contributed by atoms with Gasteiger partial charge in [-0.15, -0.1) is 0 Å². The predicted molar refractivity (Wildman–Crippen MR) is 148 cm³/mol. The van der Waals surface area contributed by atoms with Gasteiger partial charge in [0.15, 0.2) is 5.69 Å². The summed E-state index contributed by atoms with van der Waals surface area (Å²) in [6.45, 7) is 5.07. The number of carbonyl (C=O) groups is 3. The Labute approximate surface area is 246 Å². The molecule has 1 aromatic heterocycles. The maximum atomic E-state index is 14.1. The molecule has 2 aliphatic heterocycles. The number of halogens is 2. The van der Waals surface area contributed by atoms with Crippen LogP contribution < -0.4 is 20.8 Å². The number of ether oxygens (including phenoxy) is 3. The third-order valence-corrected chi connectivity index (χ3v) is 6.97. The Bertz CT molecular complexity index is 1420. The van der Waals surface area contributed by atoms with E-state index in [0.29, 0.717) is 19.2 Å². The van der Waals surface area contributed by atoms with Crippen LogP contribution in [0.15, 0.2) is 29.2 Å². The van der Waals surface area contributed by atoms with E-state index >= 15 is 0 Å². The summed E-state index contributed by atoms with van der Waals surface area (Å²) in [7, 11) is 0. The van der Waals surface area contributed by atoms with Gasteiger partial charge in [0.2, 0.25) is 24.4 Å². The molecule has 234 valence electrons. The number of hydrogen-bond acceptors (Lipinski definition) is 9. The molecule has 43 heavy (non-hydrogen) atoms. The molecular weight excluding hydrogens is 570 g/mol. The molecule has 0 saturated carbocycles. The lowest BCUT2D eigenvalue weighted by Crippen LogP contribution is -2.51. The van der Waals surface area contributed by atoms with Gasteiger partial charge in [0.25, 0.3) is 11.8 Å². The van der Waals surface area contributed by atoms with Crippen LogP contribution in [0.2, 0.25) is 0 Å². The first-order chi connectivity index (χ1) is 20.3. The van der Waals surface area contributed by atoms with Crippen molar-refractivity contribution in [3.8, 4) is 5.75 Å². The van der Waals surface area contributed by atoms with Crippen molar-refractivity contribution in [2.45, 2.75) is 77.6 Å². The van der Waals surface area contributed by atoms with Gasteiger partial charge in [0.1, 0.15) is 17.2 Å². The van der Waals surface area contributed by atoms with E-state index in [1.54, 1.807) is 25.7 Å². The van der Waals surface area contributed by atoms with Crippen LogP contribution in [0.3, 0.4) is 0 Å². The molecule has 3 heterocycles. The molecule has 1 saturated heterocycles. The molecule has 2 unspecified atom stereocenters. The Balaban J connectivity index is 1.49. The van der Waals surface area contributed by atoms with Crippen molar-refractivity contribution in [2.24, 2.45) is 0 Å². The second-order valence-corrected chi connectivity index (χ2v) is 11.3. The minimum absolute atomic E-state index is 0.0104. The Kier molecular flexibility index (Phi) is 10.1. The Morgan fingerprint density at radius 1 is 1.19 bits per heavy atom. The van der Waals surface area contributed by atoms with Gasteiger partial charge in [-0.25, -0.2) is 8.78 Å². The number of aliphatic hydroxyl groups is 1. The van der Waals surface area contributed by atoms with Crippen LogP contribution in [0.25, 0.3) is 0 Å². The smallest absolute Gasteiger partial charge is 0.309 e. The molecule has 0 radical (unpaired) electrons. The van der Waals surface area contributed by atoms with Crippen molar-refractivity contribution in [3.05, 3.63) is 63.1 Å². The zero-order chi connectivity index (χ0) is 31.3. The number of pyridine rings is 1. The molecule has 2 aliphatic rings. The number of nitrogens with one attached hydrogen (secondary N) is 2. The number of aromatic nitrogens is 1. The van der Waals surface area contributed by atoms with Crippen molar-refractivity contribution < 1.29 is 42.5 Å². The summed E-state index contributed by atoms with van der Waals surface area (Å²) in [6.07, 6.45) is 2.29. The fraction of sp³-hybridized carbons (Fsp3) is 0.517. The summed E-state index contributed by atoms with van der Waals surface area (Å²) in [4.78, 5) is 53.9. The van der Waals surface area contributed by atoms with Gasteiger partial charge in [-0.3, -0.25) is 24.5 Å². The molecule has 2 aromatic rings. The third kappa shape index (κ3) is 8.15. The highest BCUT2D eigenvalue weighted by molar-refractivity contribution is 5.99. The number of aliphatic hydroxyl groups excluding tert-OH is 1. The van der Waals surface area contributed by atoms with E-state index in [-0.39, 0.29) is 42.4 Å². The normalized spacial score (nSPS) is 17.1. The number of amides is 2. The van der Waals surface area contributed by atoms with E-state index in [4.69, 9.17) is 14.2 Å². The lowest BCUT2D eigenvalue weighted by atomic mass is 9.98. The molecule has 2 amide bonds. The van der Waals surface area contributed by atoms with Crippen LogP contribution >= 0.6 is 0 Å². The second-order valence-electron chi connectivity index (χ2n) is 11.3. The Morgan fingerprint density at radius 3 is 2.67 bits per heavy atom. The number of hydrogen-bond donors (Lipinski definition) is 3. The standard InChI is InChI=1S/C29H36F2N4O8/c1-29(2,3)43-28(40)32-10-9-22(36)41-16-42-25-23-27(39)35-11-5-4-6-19(35)14-34(23)15-20(24(25)37)26(38)33-13-17-7-8-18(30)12-21(17)31/h7-8,12,15,19,28,32,40H,4-6,9-11,13-14,16H2,1-3H3,(H,33,38). The molecule has 4 rings (SSSR count). The van der Waals surface area contributed by atoms with Crippen molar-refractivity contribution in [1.82, 2.24) is 20.1 Å². The highest BCUT2D eigenvalue weighted by Crippen LogP contribution is 2.29. The quantitative estimate of drug-likeness (QED) is 0.258. The van der Waals surface area contributed by atoms with Gasteiger partial charge >= 0.3 is 5.97 Å². The summed E-state index contributed by atoms with van der Waals surface area (Å²) in [6, 6.07) is 2.78. The molecular formula is C29H36F2N4O8. The van der Waals surface area contributed by atoms with Crippen molar-refractivity contribution in [2.75, 3.05) is 19.9 Å². The monoisotopic (exact) mass is 606 g/mol. The van der Waals surface area contributed by atoms with E-state index in [1.165, 1.54) is 16.8 Å². The largest absolute Gasteiger partial charge is 0.451 e. The van der Waals surface area contributed by atoms with Crippen molar-refractivity contribution >= 4 is 17.8 Å². The molecule has 2 atom stereocenters. The molecule has 1 aromatic carbocycles. The molecule has 12 nitrogen and oxygen atoms in total. The maximum absolute atomic E-state index is 14.1. The van der Waals surface area contributed by atoms with Gasteiger partial charge in [0, 0.05) is 50.0 Å². The number of carbonyl (C=O) groups excluding carboxylic acids is 3. The summed E-state index contributed by atoms with van der Waals surface area (Å²) in [5.74, 6) is -4.09. The average Bonchev–Trinajstić information content (AvgIpc) is 2.92. The van der Waals surface area contributed by atoms with Crippen LogP contribution in [0, 0.1) is 11.6 Å². The molecule has 3 N–H and O–H groups in total. The second kappa shape index (κ2) is 13.6.